The van der Waals surface area contributed by atoms with E-state index in [2.05, 4.69) is 5.32 Å². The van der Waals surface area contributed by atoms with E-state index >= 15 is 0 Å². The van der Waals surface area contributed by atoms with Crippen LogP contribution in [0.4, 0.5) is 5.69 Å². The summed E-state index contributed by atoms with van der Waals surface area (Å²) in [7, 11) is 0. The highest BCUT2D eigenvalue weighted by atomic mass is 16.3. The van der Waals surface area contributed by atoms with E-state index in [1.807, 2.05) is 26.0 Å². The lowest BCUT2D eigenvalue weighted by atomic mass is 10.0. The molecule has 1 N–H and O–H groups in total. The fraction of sp³-hybridized carbons (Fsp3) is 0.200. The molecular formula is C20H19NO3. The van der Waals surface area contributed by atoms with Crippen LogP contribution in [0.2, 0.25) is 0 Å². The SMILES string of the molecule is CC(=O)c1ccccc1NC(=O)Cc1coc2cc(C)c(C)cc12. The molecule has 24 heavy (non-hydrogen) atoms. The fourth-order valence-corrected chi connectivity index (χ4v) is 2.74. The van der Waals surface area contributed by atoms with Crippen molar-refractivity contribution in [1.82, 2.24) is 0 Å². The molecule has 1 heterocycles. The van der Waals surface area contributed by atoms with Crippen molar-refractivity contribution in [3.8, 4) is 0 Å². The number of carbonyl (C=O) groups is 2. The molecular weight excluding hydrogens is 302 g/mol. The average Bonchev–Trinajstić information content (AvgIpc) is 2.90. The van der Waals surface area contributed by atoms with E-state index in [1.165, 1.54) is 6.92 Å². The van der Waals surface area contributed by atoms with Crippen molar-refractivity contribution in [3.63, 3.8) is 0 Å². The van der Waals surface area contributed by atoms with Gasteiger partial charge in [0, 0.05) is 16.5 Å². The standard InChI is InChI=1S/C20H19NO3/c1-12-8-17-15(11-24-19(17)9-13(12)2)10-20(23)21-18-7-5-4-6-16(18)14(3)22/h4-9,11H,10H2,1-3H3,(H,21,23). The van der Waals surface area contributed by atoms with Crippen molar-refractivity contribution in [3.05, 3.63) is 64.9 Å². The number of benzene rings is 2. The summed E-state index contributed by atoms with van der Waals surface area (Å²) in [5.41, 5.74) is 4.98. The number of furan rings is 1. The smallest absolute Gasteiger partial charge is 0.228 e. The first-order valence-corrected chi connectivity index (χ1v) is 7.83. The van der Waals surface area contributed by atoms with Crippen molar-refractivity contribution >= 4 is 28.3 Å². The Morgan fingerprint density at radius 1 is 1.08 bits per heavy atom. The van der Waals surface area contributed by atoms with Crippen molar-refractivity contribution in [2.75, 3.05) is 5.32 Å². The zero-order valence-corrected chi connectivity index (χ0v) is 14.0. The Kier molecular flexibility index (Phi) is 4.21. The van der Waals surface area contributed by atoms with Gasteiger partial charge in [0.25, 0.3) is 0 Å². The number of aryl methyl sites for hydroxylation is 2. The first-order valence-electron chi connectivity index (χ1n) is 7.83. The highest BCUT2D eigenvalue weighted by Gasteiger charge is 2.14. The van der Waals surface area contributed by atoms with E-state index in [9.17, 15) is 9.59 Å². The molecule has 0 unspecified atom stereocenters. The Morgan fingerprint density at radius 3 is 2.54 bits per heavy atom. The molecule has 0 radical (unpaired) electrons. The summed E-state index contributed by atoms with van der Waals surface area (Å²) >= 11 is 0. The first-order chi connectivity index (χ1) is 11.5. The topological polar surface area (TPSA) is 59.3 Å². The Hall–Kier alpha value is -2.88. The first kappa shape index (κ1) is 16.0. The maximum absolute atomic E-state index is 12.4. The number of nitrogens with one attached hydrogen (secondary N) is 1. The van der Waals surface area contributed by atoms with E-state index in [1.54, 1.807) is 30.5 Å². The Bertz CT molecular complexity index is 937. The van der Waals surface area contributed by atoms with Gasteiger partial charge in [-0.15, -0.1) is 0 Å². The number of rotatable bonds is 4. The third-order valence-corrected chi connectivity index (χ3v) is 4.20. The van der Waals surface area contributed by atoms with Crippen LogP contribution in [-0.2, 0) is 11.2 Å². The molecule has 3 rings (SSSR count). The minimum atomic E-state index is -0.176. The average molecular weight is 321 g/mol. The van der Waals surface area contributed by atoms with Crippen LogP contribution < -0.4 is 5.32 Å². The van der Waals surface area contributed by atoms with Gasteiger partial charge in [-0.3, -0.25) is 9.59 Å². The number of hydrogen-bond acceptors (Lipinski definition) is 3. The van der Waals surface area contributed by atoms with Crippen molar-refractivity contribution in [2.45, 2.75) is 27.2 Å². The summed E-state index contributed by atoms with van der Waals surface area (Å²) in [6.45, 7) is 5.55. The van der Waals surface area contributed by atoms with Crippen molar-refractivity contribution in [1.29, 1.82) is 0 Å². The van der Waals surface area contributed by atoms with Gasteiger partial charge in [0.1, 0.15) is 5.58 Å². The number of ketones is 1. The summed E-state index contributed by atoms with van der Waals surface area (Å²) < 4.78 is 5.56. The summed E-state index contributed by atoms with van der Waals surface area (Å²) in [6.07, 6.45) is 1.82. The van der Waals surface area contributed by atoms with Gasteiger partial charge in [0.15, 0.2) is 5.78 Å². The van der Waals surface area contributed by atoms with Crippen LogP contribution in [0.5, 0.6) is 0 Å². The van der Waals surface area contributed by atoms with Gasteiger partial charge < -0.3 is 9.73 Å². The van der Waals surface area contributed by atoms with Gasteiger partial charge in [0.05, 0.1) is 18.4 Å². The van der Waals surface area contributed by atoms with Gasteiger partial charge in [0.2, 0.25) is 5.91 Å². The molecule has 0 aliphatic rings. The molecule has 0 fully saturated rings. The van der Waals surface area contributed by atoms with Crippen LogP contribution in [-0.4, -0.2) is 11.7 Å². The summed E-state index contributed by atoms with van der Waals surface area (Å²) in [4.78, 5) is 24.0. The second kappa shape index (κ2) is 6.32. The predicted octanol–water partition coefficient (Wildman–Crippen LogP) is 4.43. The number of anilines is 1. The zero-order chi connectivity index (χ0) is 17.3. The number of amides is 1. The number of para-hydroxylation sites is 1. The predicted molar refractivity (Wildman–Crippen MR) is 94.5 cm³/mol. The lowest BCUT2D eigenvalue weighted by Gasteiger charge is -2.08. The molecule has 0 atom stereocenters. The minimum absolute atomic E-state index is 0.0780. The lowest BCUT2D eigenvalue weighted by molar-refractivity contribution is -0.115. The molecule has 0 saturated heterocycles. The van der Waals surface area contributed by atoms with Crippen LogP contribution >= 0.6 is 0 Å². The molecule has 0 spiro atoms. The molecule has 3 aromatic rings. The third kappa shape index (κ3) is 3.08. The van der Waals surface area contributed by atoms with Gasteiger partial charge in [-0.1, -0.05) is 12.1 Å². The minimum Gasteiger partial charge on any atom is -0.464 e. The summed E-state index contributed by atoms with van der Waals surface area (Å²) in [5, 5.41) is 3.77. The van der Waals surface area contributed by atoms with Crippen molar-refractivity contribution in [2.24, 2.45) is 0 Å². The van der Waals surface area contributed by atoms with E-state index in [4.69, 9.17) is 4.42 Å². The molecule has 1 aromatic heterocycles. The molecule has 0 bridgehead atoms. The van der Waals surface area contributed by atoms with Crippen molar-refractivity contribution < 1.29 is 14.0 Å². The van der Waals surface area contributed by atoms with Gasteiger partial charge in [-0.05, 0) is 56.2 Å². The van der Waals surface area contributed by atoms with Crippen LogP contribution in [0, 0.1) is 13.8 Å². The normalized spacial score (nSPS) is 10.8. The van der Waals surface area contributed by atoms with Gasteiger partial charge in [-0.2, -0.15) is 0 Å². The molecule has 0 aliphatic heterocycles. The number of hydrogen-bond donors (Lipinski definition) is 1. The summed E-state index contributed by atoms with van der Waals surface area (Å²) in [6, 6.07) is 11.0. The second-order valence-corrected chi connectivity index (χ2v) is 6.02. The number of fused-ring (bicyclic) bond motifs is 1. The molecule has 0 saturated carbocycles. The van der Waals surface area contributed by atoms with Gasteiger partial charge in [-0.25, -0.2) is 0 Å². The largest absolute Gasteiger partial charge is 0.464 e. The lowest BCUT2D eigenvalue weighted by Crippen LogP contribution is -2.16. The second-order valence-electron chi connectivity index (χ2n) is 6.02. The fourth-order valence-electron chi connectivity index (χ4n) is 2.74. The summed E-state index contributed by atoms with van der Waals surface area (Å²) in [5.74, 6) is -0.254. The molecule has 4 nitrogen and oxygen atoms in total. The van der Waals surface area contributed by atoms with E-state index in [0.717, 1.165) is 27.7 Å². The molecule has 1 amide bonds. The zero-order valence-electron chi connectivity index (χ0n) is 14.0. The third-order valence-electron chi connectivity index (χ3n) is 4.20. The molecule has 0 aliphatic carbocycles. The maximum Gasteiger partial charge on any atom is 0.228 e. The van der Waals surface area contributed by atoms with E-state index < -0.39 is 0 Å². The van der Waals surface area contributed by atoms with Gasteiger partial charge >= 0.3 is 0 Å². The van der Waals surface area contributed by atoms with Crippen LogP contribution in [0.1, 0.15) is 34.0 Å². The van der Waals surface area contributed by atoms with Crippen LogP contribution in [0.25, 0.3) is 11.0 Å². The highest BCUT2D eigenvalue weighted by molar-refractivity contribution is 6.04. The van der Waals surface area contributed by atoms with Crippen LogP contribution in [0.3, 0.4) is 0 Å². The molecule has 2 aromatic carbocycles. The monoisotopic (exact) mass is 321 g/mol. The Labute approximate surface area is 140 Å². The molecule has 4 heteroatoms. The van der Waals surface area contributed by atoms with E-state index in [-0.39, 0.29) is 18.1 Å². The number of Topliss-reactive ketones (excluding diaryl/α,β-unsaturated/α-hetero) is 1. The maximum atomic E-state index is 12.4. The van der Waals surface area contributed by atoms with Crippen LogP contribution in [0.15, 0.2) is 47.1 Å². The Morgan fingerprint density at radius 2 is 1.79 bits per heavy atom. The Balaban J connectivity index is 1.84. The molecule has 122 valence electrons. The highest BCUT2D eigenvalue weighted by Crippen LogP contribution is 2.25. The van der Waals surface area contributed by atoms with E-state index in [0.29, 0.717) is 11.3 Å². The number of carbonyl (C=O) groups excluding carboxylic acids is 2. The quantitative estimate of drug-likeness (QED) is 0.723.